The summed E-state index contributed by atoms with van der Waals surface area (Å²) in [7, 11) is 1.53. The zero-order valence-electron chi connectivity index (χ0n) is 15.9. The van der Waals surface area contributed by atoms with Crippen LogP contribution in [0.15, 0.2) is 77.3 Å². The van der Waals surface area contributed by atoms with Crippen molar-refractivity contribution in [1.82, 2.24) is 10.9 Å². The van der Waals surface area contributed by atoms with Gasteiger partial charge in [0.2, 0.25) is 0 Å². The molecule has 8 heteroatoms. The Hall–Kier alpha value is -3.65. The summed E-state index contributed by atoms with van der Waals surface area (Å²) in [6.07, 6.45) is 0. The second-order valence-corrected chi connectivity index (χ2v) is 7.01. The molecule has 3 rings (SSSR count). The average molecular weight is 468 g/mol. The van der Waals surface area contributed by atoms with Gasteiger partial charge in [0.25, 0.3) is 17.7 Å². The van der Waals surface area contributed by atoms with E-state index in [9.17, 15) is 14.4 Å². The molecule has 0 radical (unpaired) electrons. The van der Waals surface area contributed by atoms with E-state index in [4.69, 9.17) is 4.74 Å². The fraction of sp³-hybridized carbons (Fsp3) is 0.0455. The fourth-order valence-electron chi connectivity index (χ4n) is 2.56. The predicted molar refractivity (Wildman–Crippen MR) is 116 cm³/mol. The number of methoxy groups -OCH3 is 1. The number of hydrogen-bond acceptors (Lipinski definition) is 4. The monoisotopic (exact) mass is 467 g/mol. The minimum Gasteiger partial charge on any atom is -0.496 e. The second-order valence-electron chi connectivity index (χ2n) is 6.16. The third-order valence-corrected chi connectivity index (χ3v) is 4.76. The van der Waals surface area contributed by atoms with Crippen molar-refractivity contribution in [3.63, 3.8) is 0 Å². The second kappa shape index (κ2) is 9.71. The quantitative estimate of drug-likeness (QED) is 0.497. The van der Waals surface area contributed by atoms with Crippen LogP contribution in [0.25, 0.3) is 0 Å². The zero-order valence-corrected chi connectivity index (χ0v) is 17.5. The molecule has 0 unspecified atom stereocenters. The molecular formula is C22H18BrN3O4. The minimum atomic E-state index is -0.489. The smallest absolute Gasteiger partial charge is 0.269 e. The molecule has 0 saturated carbocycles. The Morgan fingerprint density at radius 1 is 0.733 bits per heavy atom. The number of benzene rings is 3. The minimum absolute atomic E-state index is 0.245. The molecule has 3 aromatic carbocycles. The Morgan fingerprint density at radius 3 is 1.90 bits per heavy atom. The highest BCUT2D eigenvalue weighted by Crippen LogP contribution is 2.25. The van der Waals surface area contributed by atoms with Crippen molar-refractivity contribution >= 4 is 39.3 Å². The number of anilines is 1. The van der Waals surface area contributed by atoms with E-state index in [0.29, 0.717) is 32.6 Å². The lowest BCUT2D eigenvalue weighted by atomic mass is 10.1. The summed E-state index contributed by atoms with van der Waals surface area (Å²) in [6.45, 7) is 0. The molecule has 0 fully saturated rings. The first-order valence-electron chi connectivity index (χ1n) is 8.88. The first kappa shape index (κ1) is 21.1. The molecule has 3 aromatic rings. The van der Waals surface area contributed by atoms with E-state index < -0.39 is 11.8 Å². The number of amides is 3. The summed E-state index contributed by atoms with van der Waals surface area (Å²) in [5, 5.41) is 2.76. The predicted octanol–water partition coefficient (Wildman–Crippen LogP) is 3.78. The molecule has 0 spiro atoms. The van der Waals surface area contributed by atoms with Crippen molar-refractivity contribution in [3.8, 4) is 5.75 Å². The number of nitrogens with one attached hydrogen (secondary N) is 3. The summed E-state index contributed by atoms with van der Waals surface area (Å²) in [5.41, 5.74) is 6.47. The fourth-order valence-corrected chi connectivity index (χ4v) is 3.10. The van der Waals surface area contributed by atoms with E-state index in [1.807, 2.05) is 6.07 Å². The Bertz CT molecular complexity index is 1070. The molecule has 0 aliphatic heterocycles. The van der Waals surface area contributed by atoms with E-state index in [-0.39, 0.29) is 5.91 Å². The number of rotatable bonds is 5. The van der Waals surface area contributed by atoms with Gasteiger partial charge in [0.15, 0.2) is 0 Å². The normalized spacial score (nSPS) is 10.1. The molecule has 0 saturated heterocycles. The Kier molecular flexibility index (Phi) is 6.82. The van der Waals surface area contributed by atoms with Crippen LogP contribution in [-0.4, -0.2) is 24.8 Å². The van der Waals surface area contributed by atoms with Crippen molar-refractivity contribution in [2.24, 2.45) is 0 Å². The summed E-state index contributed by atoms with van der Waals surface area (Å²) in [6, 6.07) is 19.9. The largest absolute Gasteiger partial charge is 0.496 e. The van der Waals surface area contributed by atoms with E-state index >= 15 is 0 Å². The number of hydrogen-bond donors (Lipinski definition) is 3. The summed E-state index contributed by atoms with van der Waals surface area (Å²) in [5.74, 6) is -0.615. The molecule has 0 aliphatic carbocycles. The van der Waals surface area contributed by atoms with Gasteiger partial charge < -0.3 is 10.1 Å². The van der Waals surface area contributed by atoms with Crippen LogP contribution in [0.3, 0.4) is 0 Å². The van der Waals surface area contributed by atoms with E-state index in [0.717, 1.165) is 0 Å². The maximum atomic E-state index is 12.3. The summed E-state index contributed by atoms with van der Waals surface area (Å²) in [4.78, 5) is 36.6. The van der Waals surface area contributed by atoms with Gasteiger partial charge in [0.05, 0.1) is 11.6 Å². The van der Waals surface area contributed by atoms with Gasteiger partial charge in [0, 0.05) is 22.4 Å². The zero-order chi connectivity index (χ0) is 21.5. The van der Waals surface area contributed by atoms with Crippen molar-refractivity contribution in [2.75, 3.05) is 12.4 Å². The van der Waals surface area contributed by atoms with Gasteiger partial charge in [-0.2, -0.15) is 0 Å². The van der Waals surface area contributed by atoms with Crippen LogP contribution in [0.1, 0.15) is 31.1 Å². The van der Waals surface area contributed by atoms with Gasteiger partial charge in [-0.25, -0.2) is 0 Å². The van der Waals surface area contributed by atoms with Crippen LogP contribution in [0.5, 0.6) is 5.75 Å². The SMILES string of the molecule is COc1ccc(C(=O)NNC(=O)c2ccc(NC(=O)c3ccccc3)cc2)cc1Br. The molecular weight excluding hydrogens is 450 g/mol. The van der Waals surface area contributed by atoms with Gasteiger partial charge in [-0.15, -0.1) is 0 Å². The highest BCUT2D eigenvalue weighted by molar-refractivity contribution is 9.10. The van der Waals surface area contributed by atoms with Crippen molar-refractivity contribution < 1.29 is 19.1 Å². The molecule has 0 bridgehead atoms. The molecule has 30 heavy (non-hydrogen) atoms. The van der Waals surface area contributed by atoms with Crippen molar-refractivity contribution in [2.45, 2.75) is 0 Å². The number of carbonyl (C=O) groups excluding carboxylic acids is 3. The van der Waals surface area contributed by atoms with E-state index in [2.05, 4.69) is 32.1 Å². The molecule has 0 atom stereocenters. The summed E-state index contributed by atoms with van der Waals surface area (Å²) >= 11 is 3.31. The topological polar surface area (TPSA) is 96.5 Å². The molecule has 7 nitrogen and oxygen atoms in total. The van der Waals surface area contributed by atoms with Crippen LogP contribution in [0.2, 0.25) is 0 Å². The summed E-state index contributed by atoms with van der Waals surface area (Å²) < 4.78 is 5.74. The highest BCUT2D eigenvalue weighted by atomic mass is 79.9. The Balaban J connectivity index is 1.56. The van der Waals surface area contributed by atoms with Gasteiger partial charge in [-0.1, -0.05) is 18.2 Å². The number of hydrazine groups is 1. The lowest BCUT2D eigenvalue weighted by Crippen LogP contribution is -2.41. The highest BCUT2D eigenvalue weighted by Gasteiger charge is 2.12. The lowest BCUT2D eigenvalue weighted by Gasteiger charge is -2.10. The Labute approximate surface area is 181 Å². The molecule has 3 amide bonds. The number of carbonyl (C=O) groups is 3. The van der Waals surface area contributed by atoms with Gasteiger partial charge >= 0.3 is 0 Å². The number of ether oxygens (including phenoxy) is 1. The first-order valence-corrected chi connectivity index (χ1v) is 9.68. The van der Waals surface area contributed by atoms with Gasteiger partial charge in [-0.05, 0) is 70.5 Å². The molecule has 0 aromatic heterocycles. The van der Waals surface area contributed by atoms with E-state index in [1.54, 1.807) is 66.7 Å². The lowest BCUT2D eigenvalue weighted by molar-refractivity contribution is 0.0846. The third kappa shape index (κ3) is 5.24. The molecule has 0 aliphatic rings. The van der Waals surface area contributed by atoms with Crippen LogP contribution < -0.4 is 20.9 Å². The standard InChI is InChI=1S/C22H18BrN3O4/c1-30-19-12-9-16(13-18(19)23)22(29)26-25-21(28)15-7-10-17(11-8-15)24-20(27)14-5-3-2-4-6-14/h2-13H,1H3,(H,24,27)(H,25,28)(H,26,29). The molecule has 152 valence electrons. The average Bonchev–Trinajstić information content (AvgIpc) is 2.78. The first-order chi connectivity index (χ1) is 14.5. The van der Waals surface area contributed by atoms with Gasteiger partial charge in [0.1, 0.15) is 5.75 Å². The van der Waals surface area contributed by atoms with Crippen LogP contribution in [0.4, 0.5) is 5.69 Å². The Morgan fingerprint density at radius 2 is 1.30 bits per heavy atom. The molecule has 3 N–H and O–H groups in total. The van der Waals surface area contributed by atoms with Crippen molar-refractivity contribution in [1.29, 1.82) is 0 Å². The number of halogens is 1. The van der Waals surface area contributed by atoms with Crippen molar-refractivity contribution in [3.05, 3.63) is 94.0 Å². The maximum absolute atomic E-state index is 12.3. The van der Waals surface area contributed by atoms with Gasteiger partial charge in [-0.3, -0.25) is 25.2 Å². The van der Waals surface area contributed by atoms with Crippen LogP contribution in [0, 0.1) is 0 Å². The van der Waals surface area contributed by atoms with E-state index in [1.165, 1.54) is 7.11 Å². The van der Waals surface area contributed by atoms with Crippen LogP contribution in [-0.2, 0) is 0 Å². The maximum Gasteiger partial charge on any atom is 0.269 e. The molecule has 0 heterocycles. The third-order valence-electron chi connectivity index (χ3n) is 4.14. The van der Waals surface area contributed by atoms with Crippen LogP contribution >= 0.6 is 15.9 Å².